The van der Waals surface area contributed by atoms with Crippen LogP contribution in [0, 0.1) is 13.8 Å². The standard InChI is InChI=1S/C25H23NO3S/c1-17-13-22(20-9-11-21(12-10-20)30(3,27)28)18(2)23(14-17)24-16-29-25(26-24)15-19-7-5-4-6-8-19/h4-14,16H,15H2,1-3H3. The Morgan fingerprint density at radius 1 is 0.900 bits per heavy atom. The Labute approximate surface area is 177 Å². The summed E-state index contributed by atoms with van der Waals surface area (Å²) in [6.07, 6.45) is 3.57. The van der Waals surface area contributed by atoms with Crippen molar-refractivity contribution in [2.75, 3.05) is 6.26 Å². The van der Waals surface area contributed by atoms with Crippen molar-refractivity contribution in [1.29, 1.82) is 0 Å². The average Bonchev–Trinajstić information content (AvgIpc) is 3.18. The van der Waals surface area contributed by atoms with Gasteiger partial charge >= 0.3 is 0 Å². The van der Waals surface area contributed by atoms with Crippen molar-refractivity contribution in [2.24, 2.45) is 0 Å². The highest BCUT2D eigenvalue weighted by Gasteiger charge is 2.15. The molecule has 0 amide bonds. The third-order valence-corrected chi connectivity index (χ3v) is 6.30. The van der Waals surface area contributed by atoms with Crippen LogP contribution in [0.25, 0.3) is 22.4 Å². The molecule has 0 unspecified atom stereocenters. The fourth-order valence-electron chi connectivity index (χ4n) is 3.59. The lowest BCUT2D eigenvalue weighted by Gasteiger charge is -2.12. The Kier molecular flexibility index (Phi) is 5.31. The van der Waals surface area contributed by atoms with Crippen LogP contribution in [-0.4, -0.2) is 19.7 Å². The van der Waals surface area contributed by atoms with E-state index in [1.807, 2.05) is 37.3 Å². The minimum absolute atomic E-state index is 0.318. The van der Waals surface area contributed by atoms with E-state index in [4.69, 9.17) is 9.40 Å². The zero-order valence-corrected chi connectivity index (χ0v) is 18.0. The summed E-state index contributed by atoms with van der Waals surface area (Å²) in [4.78, 5) is 5.03. The van der Waals surface area contributed by atoms with Gasteiger partial charge in [0.1, 0.15) is 12.0 Å². The van der Waals surface area contributed by atoms with Gasteiger partial charge < -0.3 is 4.42 Å². The largest absolute Gasteiger partial charge is 0.448 e. The molecule has 0 aliphatic carbocycles. The summed E-state index contributed by atoms with van der Waals surface area (Å²) in [5.74, 6) is 0.677. The van der Waals surface area contributed by atoms with E-state index in [0.29, 0.717) is 17.2 Å². The molecule has 152 valence electrons. The first kappa shape index (κ1) is 20.1. The van der Waals surface area contributed by atoms with Gasteiger partial charge in [-0.25, -0.2) is 13.4 Å². The highest BCUT2D eigenvalue weighted by molar-refractivity contribution is 7.90. The molecule has 4 aromatic rings. The van der Waals surface area contributed by atoms with E-state index in [1.54, 1.807) is 18.4 Å². The monoisotopic (exact) mass is 417 g/mol. The quantitative estimate of drug-likeness (QED) is 0.423. The maximum absolute atomic E-state index is 11.8. The highest BCUT2D eigenvalue weighted by atomic mass is 32.2. The second-order valence-electron chi connectivity index (χ2n) is 7.57. The van der Waals surface area contributed by atoms with Crippen LogP contribution in [0.15, 0.2) is 82.3 Å². The lowest BCUT2D eigenvalue weighted by molar-refractivity contribution is 0.507. The van der Waals surface area contributed by atoms with Gasteiger partial charge in [-0.3, -0.25) is 0 Å². The first-order valence-corrected chi connectivity index (χ1v) is 11.6. The summed E-state index contributed by atoms with van der Waals surface area (Å²) in [5.41, 5.74) is 7.17. The van der Waals surface area contributed by atoms with Crippen LogP contribution in [0.2, 0.25) is 0 Å². The zero-order valence-electron chi connectivity index (χ0n) is 17.2. The van der Waals surface area contributed by atoms with Crippen molar-refractivity contribution < 1.29 is 12.8 Å². The lowest BCUT2D eigenvalue weighted by Crippen LogP contribution is -1.97. The van der Waals surface area contributed by atoms with Gasteiger partial charge in [0.2, 0.25) is 0 Å². The molecule has 0 aliphatic heterocycles. The van der Waals surface area contributed by atoms with Gasteiger partial charge in [0.15, 0.2) is 15.7 Å². The Hall–Kier alpha value is -3.18. The maximum Gasteiger partial charge on any atom is 0.198 e. The first-order chi connectivity index (χ1) is 14.3. The summed E-state index contributed by atoms with van der Waals surface area (Å²) in [6.45, 7) is 4.10. The Morgan fingerprint density at radius 3 is 2.23 bits per heavy atom. The van der Waals surface area contributed by atoms with Crippen LogP contribution >= 0.6 is 0 Å². The predicted molar refractivity (Wildman–Crippen MR) is 119 cm³/mol. The van der Waals surface area contributed by atoms with Gasteiger partial charge in [0, 0.05) is 18.2 Å². The number of sulfone groups is 1. The van der Waals surface area contributed by atoms with Gasteiger partial charge in [-0.05, 0) is 59.9 Å². The molecule has 0 saturated heterocycles. The molecule has 30 heavy (non-hydrogen) atoms. The second-order valence-corrected chi connectivity index (χ2v) is 9.59. The molecule has 1 heterocycles. The third kappa shape index (κ3) is 4.21. The molecule has 0 bridgehead atoms. The molecule has 0 fully saturated rings. The Morgan fingerprint density at radius 2 is 1.57 bits per heavy atom. The number of aryl methyl sites for hydroxylation is 1. The van der Waals surface area contributed by atoms with Crippen molar-refractivity contribution in [3.05, 3.63) is 95.6 Å². The fraction of sp³-hybridized carbons (Fsp3) is 0.160. The molecule has 0 spiro atoms. The van der Waals surface area contributed by atoms with Crippen molar-refractivity contribution in [3.63, 3.8) is 0 Å². The fourth-order valence-corrected chi connectivity index (χ4v) is 4.22. The molecule has 3 aromatic carbocycles. The maximum atomic E-state index is 11.8. The van der Waals surface area contributed by atoms with E-state index in [1.165, 1.54) is 6.26 Å². The van der Waals surface area contributed by atoms with Crippen LogP contribution in [0.5, 0.6) is 0 Å². The van der Waals surface area contributed by atoms with Crippen molar-refractivity contribution in [1.82, 2.24) is 4.98 Å². The van der Waals surface area contributed by atoms with Gasteiger partial charge in [-0.2, -0.15) is 0 Å². The lowest BCUT2D eigenvalue weighted by atomic mass is 9.93. The summed E-state index contributed by atoms with van der Waals surface area (Å²) >= 11 is 0. The van der Waals surface area contributed by atoms with E-state index in [2.05, 4.69) is 31.2 Å². The van der Waals surface area contributed by atoms with Crippen molar-refractivity contribution in [3.8, 4) is 22.4 Å². The Bertz CT molecular complexity index is 1290. The molecular weight excluding hydrogens is 394 g/mol. The molecule has 0 N–H and O–H groups in total. The number of oxazole rings is 1. The molecule has 4 nitrogen and oxygen atoms in total. The number of nitrogens with zero attached hydrogens (tertiary/aromatic N) is 1. The van der Waals surface area contributed by atoms with Crippen LogP contribution in [0.4, 0.5) is 0 Å². The summed E-state index contributed by atoms with van der Waals surface area (Å²) in [6, 6.07) is 21.3. The van der Waals surface area contributed by atoms with E-state index in [-0.39, 0.29) is 0 Å². The minimum atomic E-state index is -3.22. The van der Waals surface area contributed by atoms with Gasteiger partial charge in [0.05, 0.1) is 4.90 Å². The molecule has 1 aromatic heterocycles. The molecule has 0 aliphatic rings. The number of hydrogen-bond donors (Lipinski definition) is 0. The second kappa shape index (κ2) is 7.92. The number of rotatable bonds is 5. The van der Waals surface area contributed by atoms with Gasteiger partial charge in [0.25, 0.3) is 0 Å². The van der Waals surface area contributed by atoms with E-state index in [9.17, 15) is 8.42 Å². The van der Waals surface area contributed by atoms with Gasteiger partial charge in [-0.15, -0.1) is 0 Å². The van der Waals surface area contributed by atoms with Gasteiger partial charge in [-0.1, -0.05) is 48.5 Å². The van der Waals surface area contributed by atoms with Crippen LogP contribution in [-0.2, 0) is 16.3 Å². The van der Waals surface area contributed by atoms with Crippen LogP contribution in [0.3, 0.4) is 0 Å². The molecule has 0 saturated carbocycles. The average molecular weight is 418 g/mol. The van der Waals surface area contributed by atoms with Crippen LogP contribution < -0.4 is 0 Å². The summed E-state index contributed by atoms with van der Waals surface area (Å²) < 4.78 is 29.2. The SMILES string of the molecule is Cc1cc(-c2ccc(S(C)(=O)=O)cc2)c(C)c(-c2coc(Cc3ccccc3)n2)c1. The molecule has 5 heteroatoms. The summed E-state index contributed by atoms with van der Waals surface area (Å²) in [5, 5.41) is 0. The molecular formula is C25H23NO3S. The predicted octanol–water partition coefficient (Wildman–Crippen LogP) is 5.62. The normalized spacial score (nSPS) is 11.6. The van der Waals surface area contributed by atoms with E-state index >= 15 is 0 Å². The topological polar surface area (TPSA) is 60.2 Å². The summed E-state index contributed by atoms with van der Waals surface area (Å²) in [7, 11) is -3.22. The van der Waals surface area contributed by atoms with E-state index < -0.39 is 9.84 Å². The zero-order chi connectivity index (χ0) is 21.3. The molecule has 4 rings (SSSR count). The first-order valence-electron chi connectivity index (χ1n) is 9.72. The Balaban J connectivity index is 1.70. The smallest absolute Gasteiger partial charge is 0.198 e. The number of benzene rings is 3. The van der Waals surface area contributed by atoms with Crippen molar-refractivity contribution >= 4 is 9.84 Å². The number of aromatic nitrogens is 1. The van der Waals surface area contributed by atoms with Crippen molar-refractivity contribution in [2.45, 2.75) is 25.2 Å². The van der Waals surface area contributed by atoms with E-state index in [0.717, 1.165) is 39.1 Å². The molecule has 0 radical (unpaired) electrons. The highest BCUT2D eigenvalue weighted by Crippen LogP contribution is 2.33. The molecule has 0 atom stereocenters. The van der Waals surface area contributed by atoms with Crippen LogP contribution in [0.1, 0.15) is 22.6 Å². The number of hydrogen-bond acceptors (Lipinski definition) is 4. The third-order valence-electron chi connectivity index (χ3n) is 5.17. The minimum Gasteiger partial charge on any atom is -0.448 e.